The van der Waals surface area contributed by atoms with Gasteiger partial charge in [0.05, 0.1) is 23.0 Å². The number of hydrogen-bond acceptors (Lipinski definition) is 10. The molecule has 0 bridgehead atoms. The van der Waals surface area contributed by atoms with Crippen molar-refractivity contribution in [1.29, 1.82) is 0 Å². The summed E-state index contributed by atoms with van der Waals surface area (Å²) in [6.07, 6.45) is 2.23. The second-order valence-corrected chi connectivity index (χ2v) is 9.46. The van der Waals surface area contributed by atoms with Crippen LogP contribution in [-0.4, -0.2) is 101 Å². The number of hydrogen-bond donors (Lipinski definition) is 5. The highest BCUT2D eigenvalue weighted by molar-refractivity contribution is 7.22. The van der Waals surface area contributed by atoms with Crippen LogP contribution in [0.1, 0.15) is 0 Å². The zero-order valence-electron chi connectivity index (χ0n) is 22.8. The third-order valence-electron chi connectivity index (χ3n) is 5.53. The summed E-state index contributed by atoms with van der Waals surface area (Å²) in [6.45, 7) is 6.16. The number of fused-ring (bicyclic) bond motifs is 1. The number of nitrogens with zero attached hydrogens (tertiary/aromatic N) is 3. The number of para-hydroxylation sites is 3. The van der Waals surface area contributed by atoms with E-state index in [-0.39, 0.29) is 0 Å². The van der Waals surface area contributed by atoms with Gasteiger partial charge in [-0.15, -0.1) is 0 Å². The Morgan fingerprint density at radius 3 is 1.88 bits per heavy atom. The van der Waals surface area contributed by atoms with E-state index in [1.165, 1.54) is 10.4 Å². The summed E-state index contributed by atoms with van der Waals surface area (Å²) in [7, 11) is 1.74. The monoisotopic (exact) mass is 600 g/mol. The number of aromatic nitrogens is 1. The lowest BCUT2D eigenvalue weighted by atomic mass is 10.2. The number of carbonyl (C=O) groups is 4. The number of aliphatic carboxylic acids is 4. The molecule has 0 saturated carbocycles. The zero-order valence-corrected chi connectivity index (χ0v) is 23.6. The van der Waals surface area contributed by atoms with Gasteiger partial charge in [0.15, 0.2) is 5.13 Å². The van der Waals surface area contributed by atoms with E-state index in [4.69, 9.17) is 25.2 Å². The predicted molar refractivity (Wildman–Crippen MR) is 159 cm³/mol. The van der Waals surface area contributed by atoms with Crippen molar-refractivity contribution in [2.24, 2.45) is 0 Å². The molecule has 0 atom stereocenters. The number of benzene rings is 2. The van der Waals surface area contributed by atoms with Crippen molar-refractivity contribution in [1.82, 2.24) is 9.88 Å². The molecule has 1 aromatic heterocycles. The summed E-state index contributed by atoms with van der Waals surface area (Å²) in [6, 6.07) is 16.5. The van der Waals surface area contributed by atoms with Gasteiger partial charge in [-0.3, -0.25) is 4.90 Å². The number of carboxylic acid groups (broad SMARTS) is 4. The van der Waals surface area contributed by atoms with Crippen LogP contribution in [0.2, 0.25) is 0 Å². The normalized spacial score (nSPS) is 13.1. The van der Waals surface area contributed by atoms with Crippen LogP contribution in [0.5, 0.6) is 5.75 Å². The van der Waals surface area contributed by atoms with Crippen molar-refractivity contribution in [2.75, 3.05) is 56.6 Å². The highest BCUT2D eigenvalue weighted by atomic mass is 32.1. The van der Waals surface area contributed by atoms with E-state index in [1.54, 1.807) is 18.4 Å². The van der Waals surface area contributed by atoms with E-state index < -0.39 is 23.9 Å². The minimum atomic E-state index is -1.26. The molecule has 13 nitrogen and oxygen atoms in total. The summed E-state index contributed by atoms with van der Waals surface area (Å²) >= 11 is 1.72. The minimum Gasteiger partial charge on any atom is -0.495 e. The molecule has 4 rings (SSSR count). The lowest BCUT2D eigenvalue weighted by Crippen LogP contribution is -2.47. The molecule has 0 amide bonds. The van der Waals surface area contributed by atoms with E-state index in [9.17, 15) is 19.2 Å². The molecule has 0 radical (unpaired) electrons. The standard InChI is InChI=1S/C20H24N4OS.2C4H4O4/c1-25-18-8-4-3-7-17(18)24-14-12-23(13-15-24)11-10-21-20-22-16-6-2-5-9-19(16)26-20;2*5-3(6)1-2-4(7)8/h2-9H,10-15H2,1H3,(H,21,22);2*1-2H,(H,5,6)(H,7,8). The van der Waals surface area contributed by atoms with Crippen molar-refractivity contribution < 1.29 is 44.3 Å². The maximum atomic E-state index is 9.55. The maximum absolute atomic E-state index is 9.55. The number of ether oxygens (including phenoxy) is 1. The Morgan fingerprint density at radius 1 is 0.833 bits per heavy atom. The van der Waals surface area contributed by atoms with Crippen LogP contribution < -0.4 is 15.0 Å². The molecule has 14 heteroatoms. The summed E-state index contributed by atoms with van der Waals surface area (Å²) < 4.78 is 6.73. The minimum absolute atomic E-state index is 0.558. The predicted octanol–water partition coefficient (Wildman–Crippen LogP) is 2.96. The fourth-order valence-electron chi connectivity index (χ4n) is 3.66. The van der Waals surface area contributed by atoms with Gasteiger partial charge in [-0.1, -0.05) is 35.6 Å². The molecule has 0 unspecified atom stereocenters. The van der Waals surface area contributed by atoms with Gasteiger partial charge in [0, 0.05) is 63.6 Å². The molecule has 2 heterocycles. The van der Waals surface area contributed by atoms with Gasteiger partial charge in [-0.2, -0.15) is 0 Å². The van der Waals surface area contributed by atoms with Gasteiger partial charge in [-0.25, -0.2) is 24.2 Å². The van der Waals surface area contributed by atoms with E-state index in [0.717, 1.165) is 55.7 Å². The Kier molecular flexibility index (Phi) is 14.0. The Labute approximate surface area is 245 Å². The van der Waals surface area contributed by atoms with Crippen LogP contribution in [0.3, 0.4) is 0 Å². The smallest absolute Gasteiger partial charge is 0.328 e. The van der Waals surface area contributed by atoms with Crippen LogP contribution in [0.25, 0.3) is 10.2 Å². The summed E-state index contributed by atoms with van der Waals surface area (Å²) in [5.74, 6) is -4.07. The van der Waals surface area contributed by atoms with Crippen LogP contribution in [0.4, 0.5) is 10.8 Å². The largest absolute Gasteiger partial charge is 0.495 e. The lowest BCUT2D eigenvalue weighted by molar-refractivity contribution is -0.134. The van der Waals surface area contributed by atoms with Crippen molar-refractivity contribution in [3.05, 3.63) is 72.8 Å². The topological polar surface area (TPSA) is 190 Å². The molecule has 1 fully saturated rings. The second-order valence-electron chi connectivity index (χ2n) is 8.43. The van der Waals surface area contributed by atoms with Crippen molar-refractivity contribution in [3.63, 3.8) is 0 Å². The third-order valence-corrected chi connectivity index (χ3v) is 6.53. The molecule has 224 valence electrons. The number of methoxy groups -OCH3 is 1. The highest BCUT2D eigenvalue weighted by Gasteiger charge is 2.19. The molecule has 1 aliphatic heterocycles. The number of anilines is 2. The lowest BCUT2D eigenvalue weighted by Gasteiger charge is -2.36. The second kappa shape index (κ2) is 17.7. The SMILES string of the molecule is COc1ccccc1N1CCN(CCNc2nc3ccccc3s2)CC1.O=C(O)C=CC(=O)O.O=C(O)C=CC(=O)O. The van der Waals surface area contributed by atoms with E-state index in [1.807, 2.05) is 18.2 Å². The summed E-state index contributed by atoms with van der Waals surface area (Å²) in [5.41, 5.74) is 2.27. The number of thiazole rings is 1. The number of piperazine rings is 1. The average Bonchev–Trinajstić information content (AvgIpc) is 3.39. The van der Waals surface area contributed by atoms with Crippen LogP contribution in [0, 0.1) is 0 Å². The zero-order chi connectivity index (χ0) is 30.9. The van der Waals surface area contributed by atoms with Crippen molar-refractivity contribution in [2.45, 2.75) is 0 Å². The van der Waals surface area contributed by atoms with Crippen molar-refractivity contribution in [3.8, 4) is 5.75 Å². The van der Waals surface area contributed by atoms with Crippen LogP contribution >= 0.6 is 11.3 Å². The van der Waals surface area contributed by atoms with Crippen molar-refractivity contribution >= 4 is 56.2 Å². The third kappa shape index (κ3) is 12.5. The molecule has 0 aliphatic carbocycles. The molecule has 0 spiro atoms. The van der Waals surface area contributed by atoms with Crippen LogP contribution in [-0.2, 0) is 19.2 Å². The van der Waals surface area contributed by atoms with Crippen LogP contribution in [0.15, 0.2) is 72.8 Å². The Bertz CT molecular complexity index is 1300. The molecule has 42 heavy (non-hydrogen) atoms. The van der Waals surface area contributed by atoms with Gasteiger partial charge in [0.25, 0.3) is 0 Å². The molecular formula is C28H32N4O9S. The van der Waals surface area contributed by atoms with Gasteiger partial charge < -0.3 is 35.4 Å². The van der Waals surface area contributed by atoms with E-state index in [2.05, 4.69) is 50.4 Å². The first-order valence-electron chi connectivity index (χ1n) is 12.6. The number of carboxylic acids is 4. The van der Waals surface area contributed by atoms with Gasteiger partial charge in [-0.05, 0) is 24.3 Å². The number of nitrogens with one attached hydrogen (secondary N) is 1. The first-order chi connectivity index (χ1) is 20.1. The molecule has 3 aromatic rings. The van der Waals surface area contributed by atoms with Gasteiger partial charge in [0.1, 0.15) is 5.75 Å². The molecule has 2 aromatic carbocycles. The fraction of sp³-hybridized carbons (Fsp3) is 0.250. The summed E-state index contributed by atoms with van der Waals surface area (Å²) in [4.78, 5) is 47.8. The van der Waals surface area contributed by atoms with Gasteiger partial charge >= 0.3 is 23.9 Å². The Morgan fingerprint density at radius 2 is 1.36 bits per heavy atom. The average molecular weight is 601 g/mol. The Balaban J connectivity index is 0.000000319. The molecule has 5 N–H and O–H groups in total. The molecule has 1 aliphatic rings. The maximum Gasteiger partial charge on any atom is 0.328 e. The quantitative estimate of drug-likeness (QED) is 0.214. The van der Waals surface area contributed by atoms with E-state index in [0.29, 0.717) is 24.3 Å². The number of rotatable bonds is 10. The van der Waals surface area contributed by atoms with Gasteiger partial charge in [0.2, 0.25) is 0 Å². The highest BCUT2D eigenvalue weighted by Crippen LogP contribution is 2.28. The fourth-order valence-corrected chi connectivity index (χ4v) is 4.55. The first kappa shape index (κ1) is 33.3. The van der Waals surface area contributed by atoms with E-state index >= 15 is 0 Å². The summed E-state index contributed by atoms with van der Waals surface area (Å²) in [5, 5.41) is 35.7. The Hall–Kier alpha value is -4.95. The molecule has 1 saturated heterocycles. The molecular weight excluding hydrogens is 568 g/mol. The first-order valence-corrected chi connectivity index (χ1v) is 13.4.